The number of carbonyl (C=O) groups is 3. The molecule has 3 N–H and O–H groups in total. The highest BCUT2D eigenvalue weighted by Gasteiger charge is 2.24. The summed E-state index contributed by atoms with van der Waals surface area (Å²) in [7, 11) is 1.20. The summed E-state index contributed by atoms with van der Waals surface area (Å²) in [4.78, 5) is 43.6. The number of benzene rings is 1. The van der Waals surface area contributed by atoms with E-state index in [2.05, 4.69) is 5.32 Å². The molecule has 1 unspecified atom stereocenters. The van der Waals surface area contributed by atoms with Crippen LogP contribution in [-0.2, 0) is 9.59 Å². The topological polar surface area (TPSA) is 156 Å². The number of hydrogen-bond acceptors (Lipinski definition) is 6. The maximum absolute atomic E-state index is 12.1. The molecule has 10 nitrogen and oxygen atoms in total. The number of non-ortho nitro benzene ring substituents is 1. The lowest BCUT2D eigenvalue weighted by atomic mass is 10.1. The maximum Gasteiger partial charge on any atom is 0.326 e. The molecular formula is C13H14N2O8. The van der Waals surface area contributed by atoms with Crippen molar-refractivity contribution >= 4 is 23.5 Å². The van der Waals surface area contributed by atoms with Gasteiger partial charge in [0.25, 0.3) is 11.6 Å². The molecule has 0 saturated heterocycles. The molecule has 0 bridgehead atoms. The van der Waals surface area contributed by atoms with Crippen molar-refractivity contribution in [1.29, 1.82) is 0 Å². The Morgan fingerprint density at radius 2 is 2.00 bits per heavy atom. The van der Waals surface area contributed by atoms with E-state index in [4.69, 9.17) is 14.9 Å². The summed E-state index contributed by atoms with van der Waals surface area (Å²) in [6, 6.07) is 1.83. The minimum Gasteiger partial charge on any atom is -0.496 e. The summed E-state index contributed by atoms with van der Waals surface area (Å²) in [6.07, 6.45) is -0.736. The summed E-state index contributed by atoms with van der Waals surface area (Å²) in [6.45, 7) is 0. The van der Waals surface area contributed by atoms with E-state index in [1.54, 1.807) is 0 Å². The van der Waals surface area contributed by atoms with Crippen molar-refractivity contribution in [3.05, 3.63) is 33.9 Å². The highest BCUT2D eigenvalue weighted by atomic mass is 16.6. The third-order valence-electron chi connectivity index (χ3n) is 2.89. The largest absolute Gasteiger partial charge is 0.496 e. The van der Waals surface area contributed by atoms with Crippen LogP contribution in [0.15, 0.2) is 18.2 Å². The number of rotatable bonds is 8. The average molecular weight is 326 g/mol. The lowest BCUT2D eigenvalue weighted by Gasteiger charge is -2.15. The highest BCUT2D eigenvalue weighted by Crippen LogP contribution is 2.24. The Labute approximate surface area is 129 Å². The predicted molar refractivity (Wildman–Crippen MR) is 75.4 cm³/mol. The molecule has 1 aromatic rings. The van der Waals surface area contributed by atoms with Crippen LogP contribution in [-0.4, -0.2) is 46.1 Å². The lowest BCUT2D eigenvalue weighted by Crippen LogP contribution is -2.41. The van der Waals surface area contributed by atoms with Crippen LogP contribution in [0.2, 0.25) is 0 Å². The zero-order valence-electron chi connectivity index (χ0n) is 12.0. The first-order valence-corrected chi connectivity index (χ1v) is 6.34. The molecular weight excluding hydrogens is 312 g/mol. The fraction of sp³-hybridized carbons (Fsp3) is 0.308. The van der Waals surface area contributed by atoms with Gasteiger partial charge in [-0.25, -0.2) is 4.79 Å². The fourth-order valence-electron chi connectivity index (χ4n) is 1.74. The van der Waals surface area contributed by atoms with Crippen molar-refractivity contribution < 1.29 is 34.3 Å². The Hall–Kier alpha value is -3.17. The first-order chi connectivity index (χ1) is 10.8. The van der Waals surface area contributed by atoms with E-state index < -0.39 is 35.2 Å². The van der Waals surface area contributed by atoms with Crippen molar-refractivity contribution in [2.75, 3.05) is 7.11 Å². The first kappa shape index (κ1) is 17.9. The number of carboxylic acid groups (broad SMARTS) is 2. The van der Waals surface area contributed by atoms with Gasteiger partial charge in [-0.1, -0.05) is 0 Å². The van der Waals surface area contributed by atoms with Gasteiger partial charge < -0.3 is 20.3 Å². The average Bonchev–Trinajstić information content (AvgIpc) is 2.49. The Morgan fingerprint density at radius 1 is 1.35 bits per heavy atom. The Kier molecular flexibility index (Phi) is 6.01. The van der Waals surface area contributed by atoms with Gasteiger partial charge in [0.1, 0.15) is 11.8 Å². The summed E-state index contributed by atoms with van der Waals surface area (Å²) < 4.78 is 4.89. The van der Waals surface area contributed by atoms with Gasteiger partial charge in [-0.3, -0.25) is 19.7 Å². The van der Waals surface area contributed by atoms with Crippen LogP contribution in [0.5, 0.6) is 5.75 Å². The second kappa shape index (κ2) is 7.73. The molecule has 10 heteroatoms. The molecule has 1 rings (SSSR count). The molecule has 1 atom stereocenters. The van der Waals surface area contributed by atoms with Crippen LogP contribution in [0.3, 0.4) is 0 Å². The minimum atomic E-state index is -1.40. The molecule has 0 saturated carbocycles. The molecule has 0 spiro atoms. The first-order valence-electron chi connectivity index (χ1n) is 6.34. The standard InChI is InChI=1S/C13H14N2O8/c1-23-10-6-7(15(21)22)2-3-8(10)12(18)14-9(13(19)20)4-5-11(16)17/h2-3,6,9H,4-5H2,1H3,(H,14,18)(H,16,17)(H,19,20). The van der Waals surface area contributed by atoms with Gasteiger partial charge in [0, 0.05) is 12.5 Å². The zero-order chi connectivity index (χ0) is 17.6. The van der Waals surface area contributed by atoms with Crippen molar-refractivity contribution in [3.8, 4) is 5.75 Å². The number of carboxylic acids is 2. The summed E-state index contributed by atoms with van der Waals surface area (Å²) in [5.41, 5.74) is -0.390. The van der Waals surface area contributed by atoms with Gasteiger partial charge in [-0.05, 0) is 12.5 Å². The van der Waals surface area contributed by atoms with Crippen LogP contribution in [0.4, 0.5) is 5.69 Å². The second-order valence-corrected chi connectivity index (χ2v) is 4.44. The van der Waals surface area contributed by atoms with E-state index in [0.29, 0.717) is 0 Å². The number of nitrogens with zero attached hydrogens (tertiary/aromatic N) is 1. The van der Waals surface area contributed by atoms with Crippen LogP contribution in [0.25, 0.3) is 0 Å². The van der Waals surface area contributed by atoms with Gasteiger partial charge >= 0.3 is 11.9 Å². The second-order valence-electron chi connectivity index (χ2n) is 4.44. The Bertz CT molecular complexity index is 643. The third-order valence-corrected chi connectivity index (χ3v) is 2.89. The monoisotopic (exact) mass is 326 g/mol. The fourth-order valence-corrected chi connectivity index (χ4v) is 1.74. The number of methoxy groups -OCH3 is 1. The van der Waals surface area contributed by atoms with E-state index in [9.17, 15) is 24.5 Å². The third kappa shape index (κ3) is 4.95. The van der Waals surface area contributed by atoms with E-state index >= 15 is 0 Å². The zero-order valence-corrected chi connectivity index (χ0v) is 12.0. The van der Waals surface area contributed by atoms with Gasteiger partial charge in [-0.2, -0.15) is 0 Å². The van der Waals surface area contributed by atoms with Gasteiger partial charge in [0.05, 0.1) is 23.7 Å². The van der Waals surface area contributed by atoms with Gasteiger partial charge in [0.2, 0.25) is 0 Å². The molecule has 124 valence electrons. The number of carbonyl (C=O) groups excluding carboxylic acids is 1. The van der Waals surface area contributed by atoms with Gasteiger partial charge in [-0.15, -0.1) is 0 Å². The molecule has 1 amide bonds. The number of amides is 1. The summed E-state index contributed by atoms with van der Waals surface area (Å²) in [5.74, 6) is -3.52. The smallest absolute Gasteiger partial charge is 0.326 e. The molecule has 0 radical (unpaired) electrons. The summed E-state index contributed by atoms with van der Waals surface area (Å²) >= 11 is 0. The number of nitro benzene ring substituents is 1. The quantitative estimate of drug-likeness (QED) is 0.464. The predicted octanol–water partition coefficient (Wildman–Crippen LogP) is 0.651. The van der Waals surface area contributed by atoms with E-state index in [-0.39, 0.29) is 23.4 Å². The molecule has 0 aromatic heterocycles. The Balaban J connectivity index is 2.96. The van der Waals surface area contributed by atoms with Crippen molar-refractivity contribution in [2.45, 2.75) is 18.9 Å². The Morgan fingerprint density at radius 3 is 2.48 bits per heavy atom. The number of nitrogens with one attached hydrogen (secondary N) is 1. The number of aliphatic carboxylic acids is 2. The molecule has 23 heavy (non-hydrogen) atoms. The number of ether oxygens (including phenoxy) is 1. The molecule has 0 aliphatic carbocycles. The number of hydrogen-bond donors (Lipinski definition) is 3. The lowest BCUT2D eigenvalue weighted by molar-refractivity contribution is -0.384. The minimum absolute atomic E-state index is 0.0975. The molecule has 0 heterocycles. The maximum atomic E-state index is 12.1. The van der Waals surface area contributed by atoms with E-state index in [0.717, 1.165) is 18.2 Å². The normalized spacial score (nSPS) is 11.3. The van der Waals surface area contributed by atoms with Gasteiger partial charge in [0.15, 0.2) is 0 Å². The van der Waals surface area contributed by atoms with Crippen LogP contribution >= 0.6 is 0 Å². The molecule has 0 aliphatic heterocycles. The molecule has 0 aliphatic rings. The van der Waals surface area contributed by atoms with Crippen molar-refractivity contribution in [1.82, 2.24) is 5.32 Å². The van der Waals surface area contributed by atoms with Crippen molar-refractivity contribution in [3.63, 3.8) is 0 Å². The molecule has 1 aromatic carbocycles. The van der Waals surface area contributed by atoms with Crippen LogP contribution in [0.1, 0.15) is 23.2 Å². The highest BCUT2D eigenvalue weighted by molar-refractivity contribution is 5.99. The van der Waals surface area contributed by atoms with Crippen LogP contribution in [0, 0.1) is 10.1 Å². The van der Waals surface area contributed by atoms with Crippen molar-refractivity contribution in [2.24, 2.45) is 0 Å². The van der Waals surface area contributed by atoms with E-state index in [1.165, 1.54) is 7.11 Å². The number of nitro groups is 1. The SMILES string of the molecule is COc1cc([N+](=O)[O-])ccc1C(=O)NC(CCC(=O)O)C(=O)O. The van der Waals surface area contributed by atoms with Crippen LogP contribution < -0.4 is 10.1 Å². The summed E-state index contributed by atoms with van der Waals surface area (Å²) in [5, 5.41) is 30.4. The van der Waals surface area contributed by atoms with E-state index in [1.807, 2.05) is 0 Å². The molecule has 0 fully saturated rings.